The maximum atomic E-state index is 12.6. The molecule has 0 spiro atoms. The van der Waals surface area contributed by atoms with Crippen molar-refractivity contribution in [2.45, 2.75) is 18.2 Å². The van der Waals surface area contributed by atoms with Crippen molar-refractivity contribution in [1.82, 2.24) is 4.31 Å². The van der Waals surface area contributed by atoms with Gasteiger partial charge in [0.1, 0.15) is 10.6 Å². The molecule has 1 aromatic rings. The average molecular weight is 282 g/mol. The van der Waals surface area contributed by atoms with Gasteiger partial charge < -0.3 is 10.5 Å². The third-order valence-electron chi connectivity index (χ3n) is 3.10. The van der Waals surface area contributed by atoms with Crippen molar-refractivity contribution in [3.63, 3.8) is 0 Å². The monoisotopic (exact) mass is 282 g/mol. The Morgan fingerprint density at radius 2 is 2.11 bits per heavy atom. The molecule has 2 rings (SSSR count). The van der Waals surface area contributed by atoms with Gasteiger partial charge in [0.15, 0.2) is 0 Å². The van der Waals surface area contributed by atoms with E-state index >= 15 is 0 Å². The van der Waals surface area contributed by atoms with Crippen LogP contribution in [0.25, 0.3) is 0 Å². The van der Waals surface area contributed by atoms with E-state index in [1.54, 1.807) is 6.07 Å². The lowest BCUT2D eigenvalue weighted by molar-refractivity contribution is 0.393. The normalized spacial score (nSPS) is 17.1. The van der Waals surface area contributed by atoms with Crippen LogP contribution >= 0.6 is 0 Å². The van der Waals surface area contributed by atoms with Gasteiger partial charge in [-0.05, 0) is 25.5 Å². The molecule has 0 aromatic heterocycles. The zero-order valence-electron chi connectivity index (χ0n) is 11.1. The van der Waals surface area contributed by atoms with E-state index in [-0.39, 0.29) is 10.6 Å². The third-order valence-corrected chi connectivity index (χ3v) is 4.99. The highest BCUT2D eigenvalue weighted by Gasteiger charge is 2.28. The van der Waals surface area contributed by atoms with E-state index in [0.29, 0.717) is 18.8 Å². The Balaban J connectivity index is 2.42. The van der Waals surface area contributed by atoms with Gasteiger partial charge in [0, 0.05) is 24.8 Å². The van der Waals surface area contributed by atoms with E-state index in [1.165, 1.54) is 23.5 Å². The number of hydrogen-bond acceptors (Lipinski definition) is 4. The topological polar surface area (TPSA) is 72.6 Å². The van der Waals surface area contributed by atoms with Crippen LogP contribution in [0.15, 0.2) is 34.7 Å². The first-order valence-corrected chi connectivity index (χ1v) is 7.48. The van der Waals surface area contributed by atoms with Crippen LogP contribution in [0.3, 0.4) is 0 Å². The van der Waals surface area contributed by atoms with Crippen molar-refractivity contribution in [2.24, 2.45) is 0 Å². The number of hydrogen-bond donors (Lipinski definition) is 1. The Labute approximate surface area is 113 Å². The maximum absolute atomic E-state index is 12.6. The number of nitrogens with two attached hydrogens (primary N) is 1. The number of anilines is 1. The van der Waals surface area contributed by atoms with Gasteiger partial charge in [0.2, 0.25) is 10.0 Å². The van der Waals surface area contributed by atoms with Crippen molar-refractivity contribution in [1.29, 1.82) is 0 Å². The lowest BCUT2D eigenvalue weighted by Crippen LogP contribution is -2.35. The van der Waals surface area contributed by atoms with Crippen molar-refractivity contribution in [3.05, 3.63) is 29.8 Å². The minimum absolute atomic E-state index is 0.166. The van der Waals surface area contributed by atoms with Crippen molar-refractivity contribution >= 4 is 15.7 Å². The second-order valence-corrected chi connectivity index (χ2v) is 6.49. The minimum atomic E-state index is -3.54. The zero-order valence-corrected chi connectivity index (χ0v) is 11.9. The number of nitrogen functional groups attached to an aromatic ring is 1. The summed E-state index contributed by atoms with van der Waals surface area (Å²) in [4.78, 5) is 0.166. The lowest BCUT2D eigenvalue weighted by atomic mass is 10.2. The molecular formula is C13H18N2O3S. The van der Waals surface area contributed by atoms with Crippen LogP contribution in [-0.4, -0.2) is 32.9 Å². The molecule has 0 saturated heterocycles. The molecule has 19 heavy (non-hydrogen) atoms. The van der Waals surface area contributed by atoms with E-state index in [0.717, 1.165) is 12.0 Å². The Morgan fingerprint density at radius 1 is 1.37 bits per heavy atom. The number of methoxy groups -OCH3 is 1. The summed E-state index contributed by atoms with van der Waals surface area (Å²) in [5.41, 5.74) is 7.19. The minimum Gasteiger partial charge on any atom is -0.495 e. The molecule has 0 atom stereocenters. The summed E-state index contributed by atoms with van der Waals surface area (Å²) >= 11 is 0. The summed E-state index contributed by atoms with van der Waals surface area (Å²) in [6.45, 7) is 2.85. The number of sulfonamides is 1. The molecule has 6 heteroatoms. The summed E-state index contributed by atoms with van der Waals surface area (Å²) in [6, 6.07) is 4.60. The SMILES string of the molecule is COc1cc(N)ccc1S(=O)(=O)N1CCC=C(C)C1. The van der Waals surface area contributed by atoms with Gasteiger partial charge in [-0.15, -0.1) is 0 Å². The molecule has 1 aliphatic heterocycles. The fourth-order valence-corrected chi connectivity index (χ4v) is 3.75. The van der Waals surface area contributed by atoms with Gasteiger partial charge >= 0.3 is 0 Å². The standard InChI is InChI=1S/C13H18N2O3S/c1-10-4-3-7-15(9-10)19(16,17)13-6-5-11(14)8-12(13)18-2/h4-6,8H,3,7,9,14H2,1-2H3. The summed E-state index contributed by atoms with van der Waals surface area (Å²) in [5, 5.41) is 0. The van der Waals surface area contributed by atoms with E-state index in [2.05, 4.69) is 6.08 Å². The molecule has 0 unspecified atom stereocenters. The quantitative estimate of drug-likeness (QED) is 0.675. The zero-order chi connectivity index (χ0) is 14.0. The fraction of sp³-hybridized carbons (Fsp3) is 0.385. The van der Waals surface area contributed by atoms with Crippen molar-refractivity contribution in [3.8, 4) is 5.75 Å². The van der Waals surface area contributed by atoms with Crippen molar-refractivity contribution < 1.29 is 13.2 Å². The maximum Gasteiger partial charge on any atom is 0.247 e. The van der Waals surface area contributed by atoms with Crippen molar-refractivity contribution in [2.75, 3.05) is 25.9 Å². The summed E-state index contributed by atoms with van der Waals surface area (Å²) in [5.74, 6) is 0.284. The highest BCUT2D eigenvalue weighted by Crippen LogP contribution is 2.30. The van der Waals surface area contributed by atoms with Crippen LogP contribution in [0.1, 0.15) is 13.3 Å². The smallest absolute Gasteiger partial charge is 0.247 e. The molecule has 0 aliphatic carbocycles. The molecule has 104 valence electrons. The van der Waals surface area contributed by atoms with Crippen LogP contribution in [-0.2, 0) is 10.0 Å². The molecule has 0 fully saturated rings. The number of benzene rings is 1. The van der Waals surface area contributed by atoms with E-state index in [1.807, 2.05) is 6.92 Å². The predicted molar refractivity (Wildman–Crippen MR) is 74.5 cm³/mol. The van der Waals surface area contributed by atoms with E-state index < -0.39 is 10.0 Å². The summed E-state index contributed by atoms with van der Waals surface area (Å²) in [7, 11) is -2.10. The molecule has 0 saturated carbocycles. The van der Waals surface area contributed by atoms with Crippen LogP contribution in [0, 0.1) is 0 Å². The van der Waals surface area contributed by atoms with E-state index in [4.69, 9.17) is 10.5 Å². The highest BCUT2D eigenvalue weighted by atomic mass is 32.2. The Kier molecular flexibility index (Phi) is 3.82. The predicted octanol–water partition coefficient (Wildman–Crippen LogP) is 1.62. The molecule has 5 nitrogen and oxygen atoms in total. The van der Waals surface area contributed by atoms with Crippen LogP contribution in [0.2, 0.25) is 0 Å². The fourth-order valence-electron chi connectivity index (χ4n) is 2.12. The Hall–Kier alpha value is -1.53. The van der Waals surface area contributed by atoms with Gasteiger partial charge in [-0.25, -0.2) is 8.42 Å². The summed E-state index contributed by atoms with van der Waals surface area (Å²) < 4.78 is 31.8. The highest BCUT2D eigenvalue weighted by molar-refractivity contribution is 7.89. The van der Waals surface area contributed by atoms with Gasteiger partial charge in [-0.1, -0.05) is 11.6 Å². The van der Waals surface area contributed by atoms with E-state index in [9.17, 15) is 8.42 Å². The number of nitrogens with zero attached hydrogens (tertiary/aromatic N) is 1. The molecule has 0 amide bonds. The molecular weight excluding hydrogens is 264 g/mol. The first-order chi connectivity index (χ1) is 8.95. The second-order valence-electron chi connectivity index (χ2n) is 4.59. The second kappa shape index (κ2) is 5.22. The summed E-state index contributed by atoms with van der Waals surface area (Å²) in [6.07, 6.45) is 2.80. The number of rotatable bonds is 3. The van der Waals surface area contributed by atoms with Gasteiger partial charge in [-0.2, -0.15) is 4.31 Å². The van der Waals surface area contributed by atoms with Crippen LogP contribution in [0.4, 0.5) is 5.69 Å². The third kappa shape index (κ3) is 2.74. The lowest BCUT2D eigenvalue weighted by Gasteiger charge is -2.26. The largest absolute Gasteiger partial charge is 0.495 e. The first kappa shape index (κ1) is 13.9. The molecule has 1 aliphatic rings. The molecule has 1 aromatic carbocycles. The average Bonchev–Trinajstić information content (AvgIpc) is 2.38. The van der Waals surface area contributed by atoms with Gasteiger partial charge in [-0.3, -0.25) is 0 Å². The molecule has 1 heterocycles. The molecule has 0 radical (unpaired) electrons. The van der Waals surface area contributed by atoms with Crippen LogP contribution in [0.5, 0.6) is 5.75 Å². The molecule has 2 N–H and O–H groups in total. The Morgan fingerprint density at radius 3 is 2.74 bits per heavy atom. The first-order valence-electron chi connectivity index (χ1n) is 6.04. The number of ether oxygens (including phenoxy) is 1. The molecule has 0 bridgehead atoms. The van der Waals surface area contributed by atoms with Crippen LogP contribution < -0.4 is 10.5 Å². The Bertz CT molecular complexity index is 608. The van der Waals surface area contributed by atoms with Gasteiger partial charge in [0.05, 0.1) is 7.11 Å². The van der Waals surface area contributed by atoms with Gasteiger partial charge in [0.25, 0.3) is 0 Å².